The Bertz CT molecular complexity index is 696. The van der Waals surface area contributed by atoms with Crippen LogP contribution in [0.1, 0.15) is 26.3 Å². The summed E-state index contributed by atoms with van der Waals surface area (Å²) < 4.78 is 43.5. The van der Waals surface area contributed by atoms with Crippen molar-refractivity contribution < 1.29 is 17.6 Å². The minimum absolute atomic E-state index is 0.0842. The second-order valence-corrected chi connectivity index (χ2v) is 5.56. The van der Waals surface area contributed by atoms with E-state index in [4.69, 9.17) is 4.42 Å². The van der Waals surface area contributed by atoms with E-state index in [9.17, 15) is 18.0 Å². The van der Waals surface area contributed by atoms with E-state index in [1.54, 1.807) is 0 Å². The zero-order chi connectivity index (χ0) is 15.1. The number of hydrogen-bond acceptors (Lipinski definition) is 3. The molecule has 0 amide bonds. The van der Waals surface area contributed by atoms with Gasteiger partial charge in [0.25, 0.3) is 0 Å². The van der Waals surface area contributed by atoms with Gasteiger partial charge in [-0.1, -0.05) is 0 Å². The molecule has 0 saturated heterocycles. The number of anilines is 1. The fourth-order valence-electron chi connectivity index (χ4n) is 1.91. The van der Waals surface area contributed by atoms with E-state index in [1.165, 1.54) is 18.2 Å². The zero-order valence-electron chi connectivity index (χ0n) is 11.3. The highest BCUT2D eigenvalue weighted by atomic mass is 19.4. The Kier molecular flexibility index (Phi) is 3.28. The molecular weight excluding hydrogens is 271 g/mol. The van der Waals surface area contributed by atoms with E-state index >= 15 is 0 Å². The molecule has 0 aliphatic carbocycles. The van der Waals surface area contributed by atoms with Crippen LogP contribution in [-0.4, -0.2) is 5.54 Å². The molecular formula is C14H14F3NO2. The molecule has 0 aliphatic heterocycles. The predicted octanol–water partition coefficient (Wildman–Crippen LogP) is 4.02. The summed E-state index contributed by atoms with van der Waals surface area (Å²) in [6.07, 6.45) is -4.59. The smallest absolute Gasteiger partial charge is 0.417 e. The van der Waals surface area contributed by atoms with Gasteiger partial charge in [0.05, 0.1) is 5.56 Å². The molecule has 0 bridgehead atoms. The van der Waals surface area contributed by atoms with Gasteiger partial charge in [-0.05, 0) is 32.9 Å². The molecule has 0 fully saturated rings. The second kappa shape index (κ2) is 4.54. The van der Waals surface area contributed by atoms with Crippen molar-refractivity contribution in [2.24, 2.45) is 0 Å². The van der Waals surface area contributed by atoms with Crippen LogP contribution in [0.2, 0.25) is 0 Å². The maximum atomic E-state index is 12.9. The first-order valence-corrected chi connectivity index (χ1v) is 5.99. The molecule has 1 N–H and O–H groups in total. The van der Waals surface area contributed by atoms with Crippen LogP contribution >= 0.6 is 0 Å². The number of rotatable bonds is 1. The summed E-state index contributed by atoms with van der Waals surface area (Å²) in [6, 6.07) is 4.70. The van der Waals surface area contributed by atoms with Gasteiger partial charge in [-0.15, -0.1) is 0 Å². The predicted molar refractivity (Wildman–Crippen MR) is 70.9 cm³/mol. The fraction of sp³-hybridized carbons (Fsp3) is 0.357. The summed E-state index contributed by atoms with van der Waals surface area (Å²) in [5, 5.41) is 2.98. The van der Waals surface area contributed by atoms with Crippen LogP contribution in [0.4, 0.5) is 18.9 Å². The molecule has 0 atom stereocenters. The van der Waals surface area contributed by atoms with Gasteiger partial charge in [0.1, 0.15) is 5.58 Å². The van der Waals surface area contributed by atoms with Crippen LogP contribution in [0, 0.1) is 0 Å². The Labute approximate surface area is 113 Å². The molecule has 108 valence electrons. The first-order valence-electron chi connectivity index (χ1n) is 5.99. The van der Waals surface area contributed by atoms with Crippen molar-refractivity contribution in [1.82, 2.24) is 0 Å². The summed E-state index contributed by atoms with van der Waals surface area (Å²) >= 11 is 0. The van der Waals surface area contributed by atoms with Crippen LogP contribution in [0.15, 0.2) is 33.5 Å². The molecule has 0 spiro atoms. The van der Waals surface area contributed by atoms with Crippen LogP contribution in [-0.2, 0) is 6.18 Å². The van der Waals surface area contributed by atoms with E-state index in [0.717, 1.165) is 0 Å². The average molecular weight is 285 g/mol. The Balaban J connectivity index is 2.63. The Morgan fingerprint density at radius 2 is 1.75 bits per heavy atom. The van der Waals surface area contributed by atoms with Crippen molar-refractivity contribution in [3.8, 4) is 0 Å². The normalized spacial score (nSPS) is 12.7. The van der Waals surface area contributed by atoms with Gasteiger partial charge in [-0.2, -0.15) is 13.2 Å². The largest absolute Gasteiger partial charge is 0.423 e. The van der Waals surface area contributed by atoms with E-state index in [0.29, 0.717) is 11.8 Å². The van der Waals surface area contributed by atoms with Gasteiger partial charge in [0.2, 0.25) is 0 Å². The Morgan fingerprint density at radius 1 is 1.10 bits per heavy atom. The fourth-order valence-corrected chi connectivity index (χ4v) is 1.91. The number of halogens is 3. The number of nitrogens with one attached hydrogen (secondary N) is 1. The van der Waals surface area contributed by atoms with Crippen LogP contribution in [0.5, 0.6) is 0 Å². The molecule has 3 nitrogen and oxygen atoms in total. The minimum atomic E-state index is -4.59. The summed E-state index contributed by atoms with van der Waals surface area (Å²) in [4.78, 5) is 11.3. The molecule has 0 saturated carbocycles. The lowest BCUT2D eigenvalue weighted by Gasteiger charge is -2.22. The highest BCUT2D eigenvalue weighted by molar-refractivity contribution is 5.84. The first-order chi connectivity index (χ1) is 9.06. The maximum Gasteiger partial charge on any atom is 0.417 e. The number of hydrogen-bond donors (Lipinski definition) is 1. The Hall–Kier alpha value is -1.98. The summed E-state index contributed by atoms with van der Waals surface area (Å²) in [5.41, 5.74) is -1.74. The molecule has 2 rings (SSSR count). The van der Waals surface area contributed by atoms with E-state index in [2.05, 4.69) is 5.32 Å². The van der Waals surface area contributed by atoms with Crippen molar-refractivity contribution in [2.75, 3.05) is 5.32 Å². The lowest BCUT2D eigenvalue weighted by atomic mass is 10.1. The van der Waals surface area contributed by atoms with Crippen molar-refractivity contribution in [3.63, 3.8) is 0 Å². The number of fused-ring (bicyclic) bond motifs is 1. The van der Waals surface area contributed by atoms with E-state index < -0.39 is 17.4 Å². The molecule has 0 aliphatic rings. The third kappa shape index (κ3) is 3.12. The topological polar surface area (TPSA) is 42.2 Å². The van der Waals surface area contributed by atoms with Crippen molar-refractivity contribution in [3.05, 3.63) is 40.2 Å². The van der Waals surface area contributed by atoms with Gasteiger partial charge in [0.15, 0.2) is 0 Å². The molecule has 6 heteroatoms. The standard InChI is InChI=1S/C14H14F3NO2/c1-13(2,3)18-8-4-5-9-10(14(15,16)17)7-12(19)20-11(9)6-8/h4-7,18H,1-3H3. The first kappa shape index (κ1) is 14.4. The van der Waals surface area contributed by atoms with Crippen molar-refractivity contribution in [1.29, 1.82) is 0 Å². The molecule has 1 heterocycles. The van der Waals surface area contributed by atoms with Crippen molar-refractivity contribution in [2.45, 2.75) is 32.5 Å². The highest BCUT2D eigenvalue weighted by Crippen LogP contribution is 2.34. The molecule has 0 unspecified atom stereocenters. The van der Waals surface area contributed by atoms with Gasteiger partial charge in [-0.25, -0.2) is 4.79 Å². The molecule has 0 radical (unpaired) electrons. The number of benzene rings is 1. The van der Waals surface area contributed by atoms with Gasteiger partial charge >= 0.3 is 11.8 Å². The van der Waals surface area contributed by atoms with Gasteiger partial charge in [0, 0.05) is 28.7 Å². The van der Waals surface area contributed by atoms with Crippen LogP contribution in [0.3, 0.4) is 0 Å². The Morgan fingerprint density at radius 3 is 2.30 bits per heavy atom. The van der Waals surface area contributed by atoms with E-state index in [1.807, 2.05) is 20.8 Å². The molecule has 2 aromatic rings. The summed E-state index contributed by atoms with van der Waals surface area (Å²) in [5.74, 6) is 0. The van der Waals surface area contributed by atoms with Crippen molar-refractivity contribution >= 4 is 16.7 Å². The van der Waals surface area contributed by atoms with E-state index in [-0.39, 0.29) is 16.5 Å². The van der Waals surface area contributed by atoms with Crippen LogP contribution in [0.25, 0.3) is 11.0 Å². The van der Waals surface area contributed by atoms with Crippen LogP contribution < -0.4 is 10.9 Å². The second-order valence-electron chi connectivity index (χ2n) is 5.56. The number of alkyl halides is 3. The van der Waals surface area contributed by atoms with Gasteiger partial charge < -0.3 is 9.73 Å². The molecule has 1 aromatic carbocycles. The summed E-state index contributed by atoms with van der Waals surface area (Å²) in [7, 11) is 0. The molecule has 20 heavy (non-hydrogen) atoms. The maximum absolute atomic E-state index is 12.9. The zero-order valence-corrected chi connectivity index (χ0v) is 11.3. The minimum Gasteiger partial charge on any atom is -0.423 e. The third-order valence-corrected chi connectivity index (χ3v) is 2.57. The monoisotopic (exact) mass is 285 g/mol. The highest BCUT2D eigenvalue weighted by Gasteiger charge is 2.33. The lowest BCUT2D eigenvalue weighted by Crippen LogP contribution is -2.25. The summed E-state index contributed by atoms with van der Waals surface area (Å²) in [6.45, 7) is 5.75. The molecule has 1 aromatic heterocycles. The van der Waals surface area contributed by atoms with Gasteiger partial charge in [-0.3, -0.25) is 0 Å². The lowest BCUT2D eigenvalue weighted by molar-refractivity contribution is -0.136. The average Bonchev–Trinajstić information content (AvgIpc) is 2.23. The quantitative estimate of drug-likeness (QED) is 0.805. The third-order valence-electron chi connectivity index (χ3n) is 2.57. The SMILES string of the molecule is CC(C)(C)Nc1ccc2c(C(F)(F)F)cc(=O)oc2c1.